The summed E-state index contributed by atoms with van der Waals surface area (Å²) >= 11 is 0. The number of Topliss-reactive ketones (excluding diaryl/α,β-unsaturated/α-hetero) is 2. The van der Waals surface area contributed by atoms with Crippen molar-refractivity contribution in [2.45, 2.75) is 50.1 Å². The van der Waals surface area contributed by atoms with E-state index in [1.807, 2.05) is 89.8 Å². The van der Waals surface area contributed by atoms with E-state index in [0.717, 1.165) is 42.5 Å². The maximum atomic E-state index is 15.0. The Balaban J connectivity index is 1.43. The van der Waals surface area contributed by atoms with Gasteiger partial charge in [-0.1, -0.05) is 92.6 Å². The number of hydrogen-bond donors (Lipinski definition) is 1. The number of nitro groups is 1. The Hall–Kier alpha value is -5.37. The van der Waals surface area contributed by atoms with Crippen LogP contribution in [0.15, 0.2) is 103 Å². The summed E-state index contributed by atoms with van der Waals surface area (Å²) in [7, 11) is 0. The Morgan fingerprint density at radius 1 is 0.870 bits per heavy atom. The van der Waals surface area contributed by atoms with E-state index in [1.165, 1.54) is 24.3 Å². The second-order valence-corrected chi connectivity index (χ2v) is 12.2. The maximum absolute atomic E-state index is 15.0. The highest BCUT2D eigenvalue weighted by atomic mass is 16.6. The first-order chi connectivity index (χ1) is 22.4. The van der Waals surface area contributed by atoms with Crippen LogP contribution in [0.2, 0.25) is 0 Å². The molecule has 4 aromatic carbocycles. The number of aryl methyl sites for hydroxylation is 1. The fraction of sp³-hybridized carbons (Fsp3) is 0.237. The highest BCUT2D eigenvalue weighted by Gasteiger charge is 2.70. The van der Waals surface area contributed by atoms with E-state index < -0.39 is 28.3 Å². The number of rotatable bonds is 9. The first-order valence-electron chi connectivity index (χ1n) is 15.7. The summed E-state index contributed by atoms with van der Waals surface area (Å²) in [6.45, 7) is 2.16. The molecule has 8 nitrogen and oxygen atoms in total. The standard InChI is InChI=1S/C38H33N3O5/c1-2-3-4-9-24-14-16-26(17-15-24)35(42)33-34(36(43)27-18-21-28(22-19-27)41(45)46)40-31-13-8-5-10-25(31)20-23-32(40)38(33)29-11-6-7-12-30(29)39-37(38)44/h5-8,10-23,32-34H,2-4,9H2,1H3,(H,39,44)/t32-,33+,34+,38-/m1/s1. The van der Waals surface area contributed by atoms with Crippen LogP contribution < -0.4 is 10.2 Å². The van der Waals surface area contributed by atoms with Crippen LogP contribution in [0, 0.1) is 16.0 Å². The molecule has 7 rings (SSSR count). The smallest absolute Gasteiger partial charge is 0.269 e. The van der Waals surface area contributed by atoms with Crippen LogP contribution in [0.5, 0.6) is 0 Å². The molecule has 3 aliphatic heterocycles. The summed E-state index contributed by atoms with van der Waals surface area (Å²) in [5.41, 5.74) is 3.13. The van der Waals surface area contributed by atoms with Gasteiger partial charge in [0.15, 0.2) is 11.6 Å². The number of carbonyl (C=O) groups excluding carboxylic acids is 3. The van der Waals surface area contributed by atoms with E-state index in [4.69, 9.17) is 0 Å². The minimum atomic E-state index is -1.42. The Morgan fingerprint density at radius 2 is 1.54 bits per heavy atom. The van der Waals surface area contributed by atoms with Crippen molar-refractivity contribution in [2.24, 2.45) is 5.92 Å². The van der Waals surface area contributed by atoms with Crippen molar-refractivity contribution in [1.82, 2.24) is 0 Å². The number of non-ortho nitro benzene ring substituents is 1. The van der Waals surface area contributed by atoms with Crippen molar-refractivity contribution in [3.8, 4) is 0 Å². The Labute approximate surface area is 266 Å². The zero-order chi connectivity index (χ0) is 32.0. The first-order valence-corrected chi connectivity index (χ1v) is 15.7. The molecule has 4 atom stereocenters. The normalized spacial score (nSPS) is 22.2. The molecule has 0 saturated carbocycles. The van der Waals surface area contributed by atoms with Gasteiger partial charge in [0.05, 0.1) is 16.9 Å². The molecular weight excluding hydrogens is 578 g/mol. The third-order valence-electron chi connectivity index (χ3n) is 9.76. The molecule has 3 aliphatic rings. The first kappa shape index (κ1) is 29.3. The number of nitrogens with zero attached hydrogens (tertiary/aromatic N) is 2. The Bertz CT molecular complexity index is 1900. The number of nitrogens with one attached hydrogen (secondary N) is 1. The number of ketones is 2. The lowest BCUT2D eigenvalue weighted by atomic mass is 9.64. The van der Waals surface area contributed by atoms with Crippen LogP contribution in [-0.4, -0.2) is 34.5 Å². The maximum Gasteiger partial charge on any atom is 0.269 e. The minimum absolute atomic E-state index is 0.140. The number of para-hydroxylation sites is 2. The predicted octanol–water partition coefficient (Wildman–Crippen LogP) is 7.18. The zero-order valence-corrected chi connectivity index (χ0v) is 25.4. The number of nitro benzene ring substituents is 1. The summed E-state index contributed by atoms with van der Waals surface area (Å²) in [6, 6.07) is 26.3. The average Bonchev–Trinajstić information content (AvgIpc) is 3.56. The molecule has 1 N–H and O–H groups in total. The molecule has 3 heterocycles. The highest BCUT2D eigenvalue weighted by Crippen LogP contribution is 2.58. The highest BCUT2D eigenvalue weighted by molar-refractivity contribution is 6.18. The number of hydrogen-bond acceptors (Lipinski definition) is 6. The lowest BCUT2D eigenvalue weighted by molar-refractivity contribution is -0.384. The molecule has 0 radical (unpaired) electrons. The van der Waals surface area contributed by atoms with Gasteiger partial charge in [0, 0.05) is 34.6 Å². The van der Waals surface area contributed by atoms with Gasteiger partial charge in [-0.25, -0.2) is 0 Å². The van der Waals surface area contributed by atoms with E-state index in [0.29, 0.717) is 16.8 Å². The average molecular weight is 612 g/mol. The summed E-state index contributed by atoms with van der Waals surface area (Å²) in [5.74, 6) is -2.12. The van der Waals surface area contributed by atoms with Crippen LogP contribution in [0.4, 0.5) is 17.1 Å². The van der Waals surface area contributed by atoms with Crippen LogP contribution >= 0.6 is 0 Å². The molecule has 8 heteroatoms. The zero-order valence-electron chi connectivity index (χ0n) is 25.4. The van der Waals surface area contributed by atoms with Gasteiger partial charge in [-0.15, -0.1) is 0 Å². The number of anilines is 2. The molecule has 0 aromatic heterocycles. The summed E-state index contributed by atoms with van der Waals surface area (Å²) in [5, 5.41) is 14.4. The summed E-state index contributed by atoms with van der Waals surface area (Å²) < 4.78 is 0. The van der Waals surface area contributed by atoms with Crippen molar-refractivity contribution in [2.75, 3.05) is 10.2 Å². The van der Waals surface area contributed by atoms with Crippen molar-refractivity contribution in [3.63, 3.8) is 0 Å². The van der Waals surface area contributed by atoms with Crippen LogP contribution in [0.25, 0.3) is 6.08 Å². The van der Waals surface area contributed by atoms with Crippen LogP contribution in [0.1, 0.15) is 63.6 Å². The van der Waals surface area contributed by atoms with Gasteiger partial charge in [0.1, 0.15) is 11.5 Å². The molecule has 4 aromatic rings. The third kappa shape index (κ3) is 4.47. The van der Waals surface area contributed by atoms with Crippen molar-refractivity contribution >= 4 is 40.6 Å². The fourth-order valence-electron chi connectivity index (χ4n) is 7.63. The number of amides is 1. The van der Waals surface area contributed by atoms with Gasteiger partial charge in [0.2, 0.25) is 5.91 Å². The third-order valence-corrected chi connectivity index (χ3v) is 9.76. The topological polar surface area (TPSA) is 110 Å². The van der Waals surface area contributed by atoms with Gasteiger partial charge in [-0.05, 0) is 53.8 Å². The lowest BCUT2D eigenvalue weighted by Crippen LogP contribution is -2.51. The molecule has 1 spiro atoms. The summed E-state index contributed by atoms with van der Waals surface area (Å²) in [4.78, 5) is 57.1. The molecule has 1 fully saturated rings. The Morgan fingerprint density at radius 3 is 2.28 bits per heavy atom. The molecule has 0 unspecified atom stereocenters. The largest absolute Gasteiger partial charge is 0.352 e. The van der Waals surface area contributed by atoms with E-state index in [2.05, 4.69) is 12.2 Å². The monoisotopic (exact) mass is 611 g/mol. The lowest BCUT2D eigenvalue weighted by Gasteiger charge is -2.37. The second kappa shape index (κ2) is 11.5. The van der Waals surface area contributed by atoms with E-state index >= 15 is 4.79 Å². The van der Waals surface area contributed by atoms with Gasteiger partial charge in [-0.2, -0.15) is 0 Å². The molecule has 230 valence electrons. The molecule has 0 bridgehead atoms. The number of carbonyl (C=O) groups is 3. The fourth-order valence-corrected chi connectivity index (χ4v) is 7.63. The molecule has 1 saturated heterocycles. The minimum Gasteiger partial charge on any atom is -0.352 e. The van der Waals surface area contributed by atoms with Gasteiger partial charge >= 0.3 is 0 Å². The van der Waals surface area contributed by atoms with Crippen molar-refractivity contribution in [1.29, 1.82) is 0 Å². The SMILES string of the molecule is CCCCCc1ccc(C(=O)[C@@H]2[C@@H](C(=O)c3ccc([N+](=O)[O-])cc3)N3c4ccccc4C=C[C@@H]3[C@@]23C(=O)Nc2ccccc23)cc1. The predicted molar refractivity (Wildman–Crippen MR) is 177 cm³/mol. The van der Waals surface area contributed by atoms with Gasteiger partial charge < -0.3 is 10.2 Å². The van der Waals surface area contributed by atoms with Crippen molar-refractivity contribution < 1.29 is 19.3 Å². The van der Waals surface area contributed by atoms with E-state index in [-0.39, 0.29) is 28.7 Å². The van der Waals surface area contributed by atoms with Gasteiger partial charge in [0.25, 0.3) is 5.69 Å². The molecular formula is C38H33N3O5. The van der Waals surface area contributed by atoms with Gasteiger partial charge in [-0.3, -0.25) is 24.5 Å². The van der Waals surface area contributed by atoms with Crippen LogP contribution in [0.3, 0.4) is 0 Å². The number of benzene rings is 4. The molecule has 0 aliphatic carbocycles. The second-order valence-electron chi connectivity index (χ2n) is 12.2. The number of unbranched alkanes of at least 4 members (excludes halogenated alkanes) is 2. The van der Waals surface area contributed by atoms with Crippen molar-refractivity contribution in [3.05, 3.63) is 141 Å². The van der Waals surface area contributed by atoms with E-state index in [1.54, 1.807) is 0 Å². The Kier molecular flexibility index (Phi) is 7.35. The van der Waals surface area contributed by atoms with Crippen LogP contribution in [-0.2, 0) is 16.6 Å². The molecule has 1 amide bonds. The van der Waals surface area contributed by atoms with E-state index in [9.17, 15) is 19.7 Å². The summed E-state index contributed by atoms with van der Waals surface area (Å²) in [6.07, 6.45) is 8.09. The quantitative estimate of drug-likeness (QED) is 0.0929. The molecule has 46 heavy (non-hydrogen) atoms. The number of fused-ring (bicyclic) bond motifs is 6.